The molecular weight excluding hydrogens is 440 g/mol. The van der Waals surface area contributed by atoms with Crippen LogP contribution in [0.4, 0.5) is 31.7 Å². The summed E-state index contributed by atoms with van der Waals surface area (Å²) >= 11 is 0. The molecule has 3 fully saturated rings. The third kappa shape index (κ3) is 4.01. The van der Waals surface area contributed by atoms with Crippen molar-refractivity contribution >= 4 is 28.8 Å². The van der Waals surface area contributed by atoms with E-state index in [1.165, 1.54) is 0 Å². The van der Waals surface area contributed by atoms with Crippen molar-refractivity contribution in [1.29, 1.82) is 0 Å². The number of rotatable bonds is 3. The molecule has 3 aliphatic heterocycles. The molecule has 4 aliphatic rings. The fourth-order valence-electron chi connectivity index (χ4n) is 5.67. The van der Waals surface area contributed by atoms with Crippen molar-refractivity contribution < 1.29 is 18.3 Å². The van der Waals surface area contributed by atoms with Crippen LogP contribution in [0, 0.1) is 5.92 Å². The summed E-state index contributed by atoms with van der Waals surface area (Å²) in [5, 5.41) is 3.42. The van der Waals surface area contributed by atoms with Gasteiger partial charge in [0.1, 0.15) is 5.82 Å². The van der Waals surface area contributed by atoms with Crippen molar-refractivity contribution in [1.82, 2.24) is 9.88 Å². The van der Waals surface area contributed by atoms with Crippen LogP contribution in [-0.2, 0) is 16.1 Å². The monoisotopic (exact) mass is 469 g/mol. The van der Waals surface area contributed by atoms with Gasteiger partial charge >= 0.3 is 0 Å². The van der Waals surface area contributed by atoms with E-state index in [1.54, 1.807) is 6.20 Å². The zero-order valence-corrected chi connectivity index (χ0v) is 19.1. The fourth-order valence-corrected chi connectivity index (χ4v) is 5.67. The largest absolute Gasteiger partial charge is 0.378 e. The van der Waals surface area contributed by atoms with Crippen LogP contribution in [0.15, 0.2) is 36.5 Å². The van der Waals surface area contributed by atoms with Crippen molar-refractivity contribution in [3.63, 3.8) is 0 Å². The minimum Gasteiger partial charge on any atom is -0.378 e. The number of halogens is 2. The number of nitrogens with one attached hydrogen (secondary N) is 1. The molecule has 2 aromatic rings. The first-order chi connectivity index (χ1) is 16.5. The maximum absolute atomic E-state index is 13.9. The number of hydrogen-bond donors (Lipinski definition) is 1. The fraction of sp³-hybridized carbons (Fsp3) is 0.520. The Morgan fingerprint density at radius 2 is 1.97 bits per heavy atom. The first-order valence-corrected chi connectivity index (χ1v) is 12.1. The van der Waals surface area contributed by atoms with E-state index in [0.29, 0.717) is 26.2 Å². The number of pyridine rings is 1. The minimum absolute atomic E-state index is 0.0618. The number of anilines is 4. The number of carbonyl (C=O) groups is 1. The smallest absolute Gasteiger partial charge is 0.272 e. The van der Waals surface area contributed by atoms with Crippen LogP contribution < -0.4 is 15.1 Å². The summed E-state index contributed by atoms with van der Waals surface area (Å²) in [6, 6.07) is 10.1. The molecule has 0 bridgehead atoms. The third-order valence-electron chi connectivity index (χ3n) is 7.53. The first kappa shape index (κ1) is 21.7. The highest BCUT2D eigenvalue weighted by molar-refractivity contribution is 6.00. The Labute approximate surface area is 197 Å². The van der Waals surface area contributed by atoms with Crippen LogP contribution in [0.1, 0.15) is 24.8 Å². The van der Waals surface area contributed by atoms with Crippen LogP contribution in [0.3, 0.4) is 0 Å². The lowest BCUT2D eigenvalue weighted by atomic mass is 10.0. The van der Waals surface area contributed by atoms with Crippen LogP contribution in [0.25, 0.3) is 0 Å². The normalized spacial score (nSPS) is 26.2. The highest BCUT2D eigenvalue weighted by Crippen LogP contribution is 2.42. The molecule has 9 heteroatoms. The number of morpholine rings is 1. The summed E-state index contributed by atoms with van der Waals surface area (Å²) in [4.78, 5) is 24.4. The lowest BCUT2D eigenvalue weighted by Gasteiger charge is -2.42. The Bertz CT molecular complexity index is 1080. The summed E-state index contributed by atoms with van der Waals surface area (Å²) in [5.74, 6) is -1.93. The van der Waals surface area contributed by atoms with Crippen LogP contribution in [0.5, 0.6) is 0 Å². The average Bonchev–Trinajstić information content (AvgIpc) is 3.26. The number of fused-ring (bicyclic) bond motifs is 2. The number of hydrogen-bond acceptors (Lipinski definition) is 6. The van der Waals surface area contributed by atoms with Crippen LogP contribution in [-0.4, -0.2) is 67.1 Å². The molecule has 0 radical (unpaired) electrons. The molecule has 0 unspecified atom stereocenters. The highest BCUT2D eigenvalue weighted by Gasteiger charge is 2.49. The van der Waals surface area contributed by atoms with E-state index >= 15 is 0 Å². The zero-order valence-electron chi connectivity index (χ0n) is 19.1. The summed E-state index contributed by atoms with van der Waals surface area (Å²) in [7, 11) is 0. The van der Waals surface area contributed by atoms with E-state index in [2.05, 4.69) is 27.3 Å². The van der Waals surface area contributed by atoms with Gasteiger partial charge in [0, 0.05) is 42.5 Å². The lowest BCUT2D eigenvalue weighted by molar-refractivity contribution is -0.145. The molecule has 1 amide bonds. The van der Waals surface area contributed by atoms with Gasteiger partial charge in [-0.2, -0.15) is 0 Å². The molecule has 2 saturated heterocycles. The van der Waals surface area contributed by atoms with E-state index in [9.17, 15) is 13.6 Å². The van der Waals surface area contributed by atoms with Gasteiger partial charge in [0.15, 0.2) is 0 Å². The minimum atomic E-state index is -2.58. The molecule has 7 nitrogen and oxygen atoms in total. The van der Waals surface area contributed by atoms with Gasteiger partial charge in [-0.25, -0.2) is 13.8 Å². The third-order valence-corrected chi connectivity index (χ3v) is 7.53. The van der Waals surface area contributed by atoms with Gasteiger partial charge in [0.25, 0.3) is 5.92 Å². The standard InChI is InChI=1S/C25H29F2N5O2/c26-25(27)15-31(16-25)19-4-3-17(12-19)24(33)32-14-18-2-1-7-28-23(18)29-21-6-5-20(13-22(21)32)30-8-10-34-11-9-30/h1-2,5-7,13,17,19H,3-4,8-12,14-16H2,(H,28,29)/t17-,19-/m0/s1. The molecule has 1 saturated carbocycles. The van der Waals surface area contributed by atoms with Gasteiger partial charge < -0.3 is 19.9 Å². The van der Waals surface area contributed by atoms with Crippen LogP contribution in [0.2, 0.25) is 0 Å². The second-order valence-electron chi connectivity index (χ2n) is 9.79. The van der Waals surface area contributed by atoms with Crippen molar-refractivity contribution in [3.8, 4) is 0 Å². The summed E-state index contributed by atoms with van der Waals surface area (Å²) < 4.78 is 32.3. The zero-order chi connectivity index (χ0) is 23.3. The molecule has 0 spiro atoms. The quantitative estimate of drug-likeness (QED) is 0.741. The molecule has 1 aliphatic carbocycles. The number of benzene rings is 1. The highest BCUT2D eigenvalue weighted by atomic mass is 19.3. The number of alkyl halides is 2. The second kappa shape index (κ2) is 8.46. The van der Waals surface area contributed by atoms with E-state index in [1.807, 2.05) is 28.0 Å². The Hall–Kier alpha value is -2.78. The number of carbonyl (C=O) groups excluding carboxylic acids is 1. The van der Waals surface area contributed by atoms with E-state index in [0.717, 1.165) is 54.4 Å². The van der Waals surface area contributed by atoms with Gasteiger partial charge in [-0.05, 0) is 43.5 Å². The van der Waals surface area contributed by atoms with Crippen LogP contribution >= 0.6 is 0 Å². The maximum atomic E-state index is 13.9. The predicted octanol–water partition coefficient (Wildman–Crippen LogP) is 3.63. The second-order valence-corrected chi connectivity index (χ2v) is 9.79. The molecule has 6 rings (SSSR count). The molecule has 4 heterocycles. The van der Waals surface area contributed by atoms with Gasteiger partial charge in [-0.1, -0.05) is 6.07 Å². The molecule has 1 aromatic carbocycles. The molecule has 34 heavy (non-hydrogen) atoms. The average molecular weight is 470 g/mol. The SMILES string of the molecule is O=C([C@H]1CC[C@H](N2CC(F)(F)C2)C1)N1Cc2cccnc2Nc2ccc(N3CCOCC3)cc21. The predicted molar refractivity (Wildman–Crippen MR) is 126 cm³/mol. The molecule has 1 aromatic heterocycles. The maximum Gasteiger partial charge on any atom is 0.272 e. The Morgan fingerprint density at radius 3 is 2.76 bits per heavy atom. The number of aromatic nitrogens is 1. The number of likely N-dealkylation sites (tertiary alicyclic amines) is 1. The summed E-state index contributed by atoms with van der Waals surface area (Å²) in [5.41, 5.74) is 3.70. The van der Waals surface area contributed by atoms with Crippen molar-refractivity contribution in [3.05, 3.63) is 42.1 Å². The number of ether oxygens (including phenoxy) is 1. The van der Waals surface area contributed by atoms with Crippen molar-refractivity contribution in [2.24, 2.45) is 5.92 Å². The van der Waals surface area contributed by atoms with Gasteiger partial charge in [-0.15, -0.1) is 0 Å². The lowest BCUT2D eigenvalue weighted by Crippen LogP contribution is -2.59. The van der Waals surface area contributed by atoms with E-state index in [4.69, 9.17) is 4.74 Å². The Kier molecular flexibility index (Phi) is 5.41. The number of nitrogens with zero attached hydrogens (tertiary/aromatic N) is 4. The topological polar surface area (TPSA) is 60.9 Å². The molecule has 1 N–H and O–H groups in total. The van der Waals surface area contributed by atoms with E-state index in [-0.39, 0.29) is 31.0 Å². The van der Waals surface area contributed by atoms with Gasteiger partial charge in [0.05, 0.1) is 44.2 Å². The molecule has 2 atom stereocenters. The van der Waals surface area contributed by atoms with Crippen molar-refractivity contribution in [2.45, 2.75) is 37.8 Å². The molecule has 180 valence electrons. The summed E-state index contributed by atoms with van der Waals surface area (Å²) in [6.07, 6.45) is 3.90. The Balaban J connectivity index is 1.29. The Morgan fingerprint density at radius 1 is 1.15 bits per heavy atom. The van der Waals surface area contributed by atoms with E-state index < -0.39 is 5.92 Å². The molecular formula is C25H29F2N5O2. The van der Waals surface area contributed by atoms with Crippen molar-refractivity contribution in [2.75, 3.05) is 54.5 Å². The van der Waals surface area contributed by atoms with Gasteiger partial charge in [-0.3, -0.25) is 9.69 Å². The number of amides is 1. The first-order valence-electron chi connectivity index (χ1n) is 12.1. The van der Waals surface area contributed by atoms with Gasteiger partial charge in [0.2, 0.25) is 5.91 Å². The summed E-state index contributed by atoms with van der Waals surface area (Å²) in [6.45, 7) is 3.06.